The zero-order valence-corrected chi connectivity index (χ0v) is 7.48. The zero-order valence-electron chi connectivity index (χ0n) is 6.72. The van der Waals surface area contributed by atoms with Gasteiger partial charge >= 0.3 is 5.97 Å². The Morgan fingerprint density at radius 1 is 1.58 bits per heavy atom. The van der Waals surface area contributed by atoms with E-state index in [0.29, 0.717) is 0 Å². The molecule has 0 bridgehead atoms. The zero-order chi connectivity index (χ0) is 9.56. The SMILES string of the molecule is C=C(Cl)C(=O)OCCNC(C)=O. The molecule has 0 saturated carbocycles. The number of halogens is 1. The highest BCUT2D eigenvalue weighted by Crippen LogP contribution is 1.98. The minimum Gasteiger partial charge on any atom is -0.460 e. The van der Waals surface area contributed by atoms with E-state index < -0.39 is 5.97 Å². The topological polar surface area (TPSA) is 55.4 Å². The van der Waals surface area contributed by atoms with Gasteiger partial charge in [-0.05, 0) is 0 Å². The fourth-order valence-electron chi connectivity index (χ4n) is 0.449. The Bertz CT molecular complexity index is 203. The molecule has 5 heteroatoms. The van der Waals surface area contributed by atoms with E-state index in [-0.39, 0.29) is 24.1 Å². The summed E-state index contributed by atoms with van der Waals surface area (Å²) in [6, 6.07) is 0. The first-order chi connectivity index (χ1) is 5.54. The van der Waals surface area contributed by atoms with Crippen molar-refractivity contribution in [1.82, 2.24) is 5.32 Å². The smallest absolute Gasteiger partial charge is 0.349 e. The van der Waals surface area contributed by atoms with E-state index in [1.807, 2.05) is 0 Å². The van der Waals surface area contributed by atoms with Gasteiger partial charge < -0.3 is 10.1 Å². The van der Waals surface area contributed by atoms with Gasteiger partial charge in [0.25, 0.3) is 0 Å². The van der Waals surface area contributed by atoms with Crippen LogP contribution in [0.1, 0.15) is 6.92 Å². The van der Waals surface area contributed by atoms with Crippen LogP contribution in [0.5, 0.6) is 0 Å². The van der Waals surface area contributed by atoms with E-state index in [4.69, 9.17) is 11.6 Å². The molecule has 0 spiro atoms. The van der Waals surface area contributed by atoms with Crippen LogP contribution in [0, 0.1) is 0 Å². The largest absolute Gasteiger partial charge is 0.460 e. The molecule has 0 aliphatic rings. The second-order valence-corrected chi connectivity index (χ2v) is 2.48. The molecule has 0 heterocycles. The van der Waals surface area contributed by atoms with Gasteiger partial charge in [-0.1, -0.05) is 18.2 Å². The highest BCUT2D eigenvalue weighted by molar-refractivity contribution is 6.40. The van der Waals surface area contributed by atoms with Crippen LogP contribution in [0.2, 0.25) is 0 Å². The first kappa shape index (κ1) is 11.0. The average Bonchev–Trinajstić information content (AvgIpc) is 1.97. The number of esters is 1. The maximum Gasteiger partial charge on any atom is 0.349 e. The number of carbonyl (C=O) groups excluding carboxylic acids is 2. The second kappa shape index (κ2) is 5.60. The van der Waals surface area contributed by atoms with Crippen LogP contribution in [0.4, 0.5) is 0 Å². The molecule has 0 aromatic heterocycles. The molecule has 0 aliphatic heterocycles. The molecule has 0 unspecified atom stereocenters. The van der Waals surface area contributed by atoms with Crippen LogP contribution >= 0.6 is 11.6 Å². The maximum absolute atomic E-state index is 10.6. The van der Waals surface area contributed by atoms with Gasteiger partial charge in [-0.25, -0.2) is 4.79 Å². The van der Waals surface area contributed by atoms with Crippen molar-refractivity contribution >= 4 is 23.5 Å². The lowest BCUT2D eigenvalue weighted by Crippen LogP contribution is -2.25. The molecule has 0 fully saturated rings. The first-order valence-corrected chi connectivity index (χ1v) is 3.68. The Morgan fingerprint density at radius 3 is 2.58 bits per heavy atom. The number of hydrogen-bond acceptors (Lipinski definition) is 3. The lowest BCUT2D eigenvalue weighted by Gasteiger charge is -2.02. The Kier molecular flexibility index (Phi) is 5.12. The molecule has 68 valence electrons. The molecule has 0 aromatic carbocycles. The predicted molar refractivity (Wildman–Crippen MR) is 44.6 cm³/mol. The van der Waals surface area contributed by atoms with Crippen LogP contribution in [-0.2, 0) is 14.3 Å². The van der Waals surface area contributed by atoms with Crippen molar-refractivity contribution in [2.45, 2.75) is 6.92 Å². The summed E-state index contributed by atoms with van der Waals surface area (Å²) in [6.45, 7) is 4.93. The molecule has 0 rings (SSSR count). The third kappa shape index (κ3) is 5.73. The number of hydrogen-bond donors (Lipinski definition) is 1. The van der Waals surface area contributed by atoms with Gasteiger partial charge in [-0.3, -0.25) is 4.79 Å². The lowest BCUT2D eigenvalue weighted by atomic mass is 10.6. The number of nitrogens with one attached hydrogen (secondary N) is 1. The summed E-state index contributed by atoms with van der Waals surface area (Å²) in [5, 5.41) is 2.28. The van der Waals surface area contributed by atoms with E-state index >= 15 is 0 Å². The molecule has 0 aliphatic carbocycles. The van der Waals surface area contributed by atoms with Gasteiger partial charge in [0, 0.05) is 6.92 Å². The predicted octanol–water partition coefficient (Wildman–Crippen LogP) is 0.418. The molecule has 0 atom stereocenters. The number of rotatable bonds is 4. The number of amides is 1. The minimum atomic E-state index is -0.665. The molecule has 0 saturated heterocycles. The van der Waals surface area contributed by atoms with Crippen LogP contribution in [0.3, 0.4) is 0 Å². The molecule has 0 radical (unpaired) electrons. The summed E-state index contributed by atoms with van der Waals surface area (Å²) < 4.78 is 4.57. The van der Waals surface area contributed by atoms with Crippen molar-refractivity contribution in [3.63, 3.8) is 0 Å². The van der Waals surface area contributed by atoms with E-state index in [0.717, 1.165) is 0 Å². The van der Waals surface area contributed by atoms with Crippen molar-refractivity contribution in [3.8, 4) is 0 Å². The van der Waals surface area contributed by atoms with Gasteiger partial charge in [-0.15, -0.1) is 0 Å². The number of ether oxygens (including phenoxy) is 1. The Hall–Kier alpha value is -1.03. The Morgan fingerprint density at radius 2 is 2.17 bits per heavy atom. The Balaban J connectivity index is 3.38. The fourth-order valence-corrected chi connectivity index (χ4v) is 0.504. The van der Waals surface area contributed by atoms with E-state index in [1.165, 1.54) is 6.92 Å². The standard InChI is InChI=1S/C7H10ClNO3/c1-5(8)7(11)12-4-3-9-6(2)10/h1,3-4H2,2H3,(H,9,10). The van der Waals surface area contributed by atoms with Crippen LogP contribution in [0.15, 0.2) is 11.6 Å². The van der Waals surface area contributed by atoms with Crippen LogP contribution in [0.25, 0.3) is 0 Å². The fraction of sp³-hybridized carbons (Fsp3) is 0.429. The molecule has 4 nitrogen and oxygen atoms in total. The summed E-state index contributed by atoms with van der Waals surface area (Å²) in [4.78, 5) is 20.9. The third-order valence-corrected chi connectivity index (χ3v) is 1.08. The van der Waals surface area contributed by atoms with Crippen molar-refractivity contribution in [2.24, 2.45) is 0 Å². The summed E-state index contributed by atoms with van der Waals surface area (Å²) >= 11 is 5.21. The third-order valence-electron chi connectivity index (χ3n) is 0.931. The summed E-state index contributed by atoms with van der Waals surface area (Å²) in [5.74, 6) is -0.835. The summed E-state index contributed by atoms with van der Waals surface area (Å²) in [6.07, 6.45) is 0. The van der Waals surface area contributed by atoms with Crippen molar-refractivity contribution < 1.29 is 14.3 Å². The van der Waals surface area contributed by atoms with Crippen molar-refractivity contribution in [2.75, 3.05) is 13.2 Å². The quantitative estimate of drug-likeness (QED) is 0.398. The maximum atomic E-state index is 10.6. The van der Waals surface area contributed by atoms with Gasteiger partial charge in [0.05, 0.1) is 6.54 Å². The lowest BCUT2D eigenvalue weighted by molar-refractivity contribution is -0.138. The Labute approximate surface area is 75.5 Å². The van der Waals surface area contributed by atoms with Gasteiger partial charge in [-0.2, -0.15) is 0 Å². The normalized spacial score (nSPS) is 8.83. The molecular weight excluding hydrogens is 182 g/mol. The van der Waals surface area contributed by atoms with Crippen molar-refractivity contribution in [3.05, 3.63) is 11.6 Å². The highest BCUT2D eigenvalue weighted by atomic mass is 35.5. The summed E-state index contributed by atoms with van der Waals surface area (Å²) in [5.41, 5.74) is 0. The van der Waals surface area contributed by atoms with E-state index in [9.17, 15) is 9.59 Å². The van der Waals surface area contributed by atoms with Crippen molar-refractivity contribution in [1.29, 1.82) is 0 Å². The minimum absolute atomic E-state index is 0.101. The summed E-state index contributed by atoms with van der Waals surface area (Å²) in [7, 11) is 0. The molecule has 12 heavy (non-hydrogen) atoms. The molecule has 1 N–H and O–H groups in total. The average molecular weight is 192 g/mol. The van der Waals surface area contributed by atoms with Crippen LogP contribution < -0.4 is 5.32 Å². The molecular formula is C7H10ClNO3. The van der Waals surface area contributed by atoms with Gasteiger partial charge in [0.2, 0.25) is 5.91 Å². The highest BCUT2D eigenvalue weighted by Gasteiger charge is 2.03. The molecule has 0 aromatic rings. The van der Waals surface area contributed by atoms with Crippen LogP contribution in [-0.4, -0.2) is 25.0 Å². The van der Waals surface area contributed by atoms with E-state index in [2.05, 4.69) is 16.6 Å². The van der Waals surface area contributed by atoms with E-state index in [1.54, 1.807) is 0 Å². The van der Waals surface area contributed by atoms with Gasteiger partial charge in [0.15, 0.2) is 0 Å². The van der Waals surface area contributed by atoms with Gasteiger partial charge in [0.1, 0.15) is 11.6 Å². The second-order valence-electron chi connectivity index (χ2n) is 2.02. The molecule has 1 amide bonds. The number of carbonyl (C=O) groups is 2. The monoisotopic (exact) mass is 191 g/mol. The first-order valence-electron chi connectivity index (χ1n) is 3.30.